The van der Waals surface area contributed by atoms with E-state index in [2.05, 4.69) is 15.5 Å². The number of benzene rings is 3. The molecule has 15 heteroatoms. The van der Waals surface area contributed by atoms with Gasteiger partial charge in [-0.25, -0.2) is 9.18 Å². The van der Waals surface area contributed by atoms with E-state index in [-0.39, 0.29) is 35.6 Å². The topological polar surface area (TPSA) is 147 Å². The molecule has 0 spiro atoms. The second-order valence-corrected chi connectivity index (χ2v) is 12.7. The van der Waals surface area contributed by atoms with Gasteiger partial charge in [0, 0.05) is 68.1 Å². The number of carbonyl (C=O) groups excluding carboxylic acids is 3. The Balaban J connectivity index is 0.000000284. The van der Waals surface area contributed by atoms with Gasteiger partial charge in [0.05, 0.1) is 49.6 Å². The normalized spacial score (nSPS) is 16.9. The van der Waals surface area contributed by atoms with Crippen LogP contribution < -0.4 is 20.1 Å². The van der Waals surface area contributed by atoms with Crippen molar-refractivity contribution in [2.75, 3.05) is 51.2 Å². The first-order valence-corrected chi connectivity index (χ1v) is 16.8. The van der Waals surface area contributed by atoms with E-state index in [1.54, 1.807) is 36.4 Å². The number of rotatable bonds is 10. The van der Waals surface area contributed by atoms with Crippen molar-refractivity contribution in [3.05, 3.63) is 93.2 Å². The molecular weight excluding hydrogens is 718 g/mol. The summed E-state index contributed by atoms with van der Waals surface area (Å²) >= 11 is 12.1. The zero-order valence-electron chi connectivity index (χ0n) is 29.0. The molecule has 0 aliphatic carbocycles. The molecule has 2 atom stereocenters. The number of morpholine rings is 1. The van der Waals surface area contributed by atoms with Crippen LogP contribution in [-0.2, 0) is 30.5 Å². The number of hydrogen-bond acceptors (Lipinski definition) is 8. The first kappa shape index (κ1) is 39.8. The number of carboxylic acids is 1. The molecule has 0 saturated carbocycles. The standard InChI is InChI=1S/C25H27ClFN3O4.C12H12ClNO4/c1-16(31)28-23-10-22(26)24(33-2)9-18(23)5-8-25(32)30-20-12-29(13-21(30)15-34-14-20)11-17-3-6-19(27)7-4-17;1-7(15)14-10-6-9(13)11(18-2)5-8(10)3-4-12(16)17/h3-10,20-21H,11-15H2,1-2H3,(H,28,31);3-6H,1-2H3,(H,14,15)(H,16,17)/b8-5+;4-3+. The fourth-order valence-corrected chi connectivity index (χ4v) is 6.30. The number of carboxylic acid groups (broad SMARTS) is 1. The highest BCUT2D eigenvalue weighted by molar-refractivity contribution is 6.33. The number of piperazine rings is 1. The van der Waals surface area contributed by atoms with Crippen LogP contribution in [0.1, 0.15) is 30.5 Å². The molecular formula is C37H39Cl2FN4O8. The summed E-state index contributed by atoms with van der Waals surface area (Å²) in [7, 11) is 2.95. The van der Waals surface area contributed by atoms with Crippen molar-refractivity contribution in [2.24, 2.45) is 0 Å². The smallest absolute Gasteiger partial charge is 0.328 e. The zero-order chi connectivity index (χ0) is 37.9. The summed E-state index contributed by atoms with van der Waals surface area (Å²) < 4.78 is 29.3. The molecule has 2 fully saturated rings. The number of hydrogen-bond donors (Lipinski definition) is 3. The Bertz CT molecular complexity index is 1840. The van der Waals surface area contributed by atoms with E-state index in [9.17, 15) is 23.6 Å². The number of halogens is 3. The molecule has 2 heterocycles. The lowest BCUT2D eigenvalue weighted by molar-refractivity contribution is -0.150. The quantitative estimate of drug-likeness (QED) is 0.213. The van der Waals surface area contributed by atoms with E-state index < -0.39 is 5.97 Å². The number of aliphatic carboxylic acids is 1. The summed E-state index contributed by atoms with van der Waals surface area (Å²) in [6.07, 6.45) is 5.49. The second-order valence-electron chi connectivity index (χ2n) is 11.9. The molecule has 0 aromatic heterocycles. The minimum absolute atomic E-state index is 0.0836. The minimum atomic E-state index is -1.09. The van der Waals surface area contributed by atoms with Gasteiger partial charge in [0.1, 0.15) is 17.3 Å². The van der Waals surface area contributed by atoms with E-state index in [4.69, 9.17) is 42.5 Å². The van der Waals surface area contributed by atoms with Crippen LogP contribution >= 0.6 is 23.2 Å². The summed E-state index contributed by atoms with van der Waals surface area (Å²) in [5, 5.41) is 14.6. The fraction of sp³-hybridized carbons (Fsp3) is 0.297. The molecule has 3 amide bonds. The van der Waals surface area contributed by atoms with Crippen LogP contribution in [0.15, 0.2) is 60.7 Å². The first-order valence-electron chi connectivity index (χ1n) is 16.0. The summed E-state index contributed by atoms with van der Waals surface area (Å²) in [5.41, 5.74) is 3.05. The average Bonchev–Trinajstić information content (AvgIpc) is 3.08. The number of fused-ring (bicyclic) bond motifs is 2. The van der Waals surface area contributed by atoms with Gasteiger partial charge >= 0.3 is 5.97 Å². The number of methoxy groups -OCH3 is 2. The van der Waals surface area contributed by atoms with Gasteiger partial charge in [-0.05, 0) is 54.1 Å². The van der Waals surface area contributed by atoms with Crippen molar-refractivity contribution in [3.8, 4) is 11.5 Å². The Morgan fingerprint density at radius 1 is 0.846 bits per heavy atom. The molecule has 0 radical (unpaired) electrons. The Labute approximate surface area is 310 Å². The minimum Gasteiger partial charge on any atom is -0.495 e. The lowest BCUT2D eigenvalue weighted by Crippen LogP contribution is -2.65. The molecule has 3 aromatic rings. The number of carbonyl (C=O) groups is 4. The van der Waals surface area contributed by atoms with Gasteiger partial charge in [-0.2, -0.15) is 0 Å². The maximum Gasteiger partial charge on any atom is 0.328 e. The third-order valence-electron chi connectivity index (χ3n) is 8.00. The average molecular weight is 758 g/mol. The predicted molar refractivity (Wildman–Crippen MR) is 197 cm³/mol. The number of anilines is 2. The Morgan fingerprint density at radius 2 is 1.33 bits per heavy atom. The number of nitrogens with one attached hydrogen (secondary N) is 2. The van der Waals surface area contributed by atoms with Gasteiger partial charge in [-0.1, -0.05) is 35.3 Å². The van der Waals surface area contributed by atoms with Crippen LogP contribution in [0, 0.1) is 5.82 Å². The summed E-state index contributed by atoms with van der Waals surface area (Å²) in [6.45, 7) is 5.70. The Kier molecular flexibility index (Phi) is 14.2. The lowest BCUT2D eigenvalue weighted by Gasteiger charge is -2.49. The van der Waals surface area contributed by atoms with E-state index in [0.29, 0.717) is 76.9 Å². The zero-order valence-corrected chi connectivity index (χ0v) is 30.5. The van der Waals surface area contributed by atoms with Crippen molar-refractivity contribution >= 4 is 70.4 Å². The van der Waals surface area contributed by atoms with Crippen molar-refractivity contribution in [1.29, 1.82) is 0 Å². The third kappa shape index (κ3) is 11.0. The molecule has 5 rings (SSSR count). The SMILES string of the molecule is COc1cc(/C=C/C(=O)N2C3COCC2CN(Cc2ccc(F)cc2)C3)c(NC(C)=O)cc1Cl.COc1cc(/C=C/C(=O)O)c(NC(C)=O)cc1Cl. The van der Waals surface area contributed by atoms with Gasteiger partial charge in [-0.15, -0.1) is 0 Å². The summed E-state index contributed by atoms with van der Waals surface area (Å²) in [6, 6.07) is 12.7. The van der Waals surface area contributed by atoms with Crippen molar-refractivity contribution in [2.45, 2.75) is 32.5 Å². The van der Waals surface area contributed by atoms with Gasteiger partial charge in [0.25, 0.3) is 0 Å². The van der Waals surface area contributed by atoms with Crippen LogP contribution in [-0.4, -0.2) is 91.2 Å². The predicted octanol–water partition coefficient (Wildman–Crippen LogP) is 5.98. The maximum absolute atomic E-state index is 13.2. The lowest BCUT2D eigenvalue weighted by atomic mass is 10.0. The Morgan fingerprint density at radius 3 is 1.77 bits per heavy atom. The van der Waals surface area contributed by atoms with E-state index in [0.717, 1.165) is 11.6 Å². The van der Waals surface area contributed by atoms with Gasteiger partial charge in [0.2, 0.25) is 17.7 Å². The van der Waals surface area contributed by atoms with Crippen molar-refractivity contribution < 1.29 is 42.9 Å². The monoisotopic (exact) mass is 756 g/mol. The van der Waals surface area contributed by atoms with Crippen molar-refractivity contribution in [1.82, 2.24) is 9.80 Å². The van der Waals surface area contributed by atoms with E-state index >= 15 is 0 Å². The molecule has 2 unspecified atom stereocenters. The van der Waals surface area contributed by atoms with Crippen LogP contribution in [0.4, 0.5) is 15.8 Å². The molecule has 52 heavy (non-hydrogen) atoms. The highest BCUT2D eigenvalue weighted by Crippen LogP contribution is 2.33. The highest BCUT2D eigenvalue weighted by atomic mass is 35.5. The second kappa shape index (κ2) is 18.5. The molecule has 2 bridgehead atoms. The van der Waals surface area contributed by atoms with E-state index in [1.165, 1.54) is 58.4 Å². The molecule has 276 valence electrons. The number of nitrogens with zero attached hydrogens (tertiary/aromatic N) is 2. The van der Waals surface area contributed by atoms with Crippen LogP contribution in [0.25, 0.3) is 12.2 Å². The number of ether oxygens (including phenoxy) is 3. The molecule has 3 N–H and O–H groups in total. The largest absolute Gasteiger partial charge is 0.495 e. The van der Waals surface area contributed by atoms with E-state index in [1.807, 2.05) is 4.90 Å². The first-order chi connectivity index (χ1) is 24.8. The highest BCUT2D eigenvalue weighted by Gasteiger charge is 2.40. The van der Waals surface area contributed by atoms with Crippen LogP contribution in [0.3, 0.4) is 0 Å². The molecule has 2 saturated heterocycles. The van der Waals surface area contributed by atoms with Gasteiger partial charge in [-0.3, -0.25) is 19.3 Å². The third-order valence-corrected chi connectivity index (χ3v) is 8.59. The Hall–Kier alpha value is -4.95. The molecule has 2 aliphatic heterocycles. The van der Waals surface area contributed by atoms with Gasteiger partial charge in [0.15, 0.2) is 0 Å². The van der Waals surface area contributed by atoms with Crippen molar-refractivity contribution in [3.63, 3.8) is 0 Å². The molecule has 2 aliphatic rings. The van der Waals surface area contributed by atoms with Crippen LogP contribution in [0.2, 0.25) is 10.0 Å². The molecule has 12 nitrogen and oxygen atoms in total. The molecule has 3 aromatic carbocycles. The van der Waals surface area contributed by atoms with Crippen LogP contribution in [0.5, 0.6) is 11.5 Å². The van der Waals surface area contributed by atoms with Gasteiger partial charge < -0.3 is 34.9 Å². The number of amides is 3. The fourth-order valence-electron chi connectivity index (χ4n) is 5.82. The maximum atomic E-state index is 13.2. The summed E-state index contributed by atoms with van der Waals surface area (Å²) in [5.74, 6) is -1.14. The summed E-state index contributed by atoms with van der Waals surface area (Å²) in [4.78, 5) is 50.5.